The van der Waals surface area contributed by atoms with Crippen LogP contribution < -0.4 is 16.0 Å². The molecule has 0 spiro atoms. The van der Waals surface area contributed by atoms with Crippen molar-refractivity contribution in [1.29, 1.82) is 0 Å². The molecule has 1 amide bonds. The number of hydrogen-bond acceptors (Lipinski definition) is 2. The van der Waals surface area contributed by atoms with Gasteiger partial charge in [0.1, 0.15) is 0 Å². The van der Waals surface area contributed by atoms with Crippen LogP contribution in [0.25, 0.3) is 0 Å². The first-order valence-corrected chi connectivity index (χ1v) is 9.12. The number of guanidine groups is 1. The van der Waals surface area contributed by atoms with Gasteiger partial charge in [-0.25, -0.2) is 4.99 Å². The molecule has 0 bridgehead atoms. The van der Waals surface area contributed by atoms with E-state index in [0.717, 1.165) is 18.2 Å². The lowest BCUT2D eigenvalue weighted by molar-refractivity contribution is -0.116. The highest BCUT2D eigenvalue weighted by Crippen LogP contribution is 2.31. The standard InChI is InChI=1S/C21H26N4O/c1-3-22-21(23-13-16-8-6-7-15(2)11-16)24-14-17-12-20(26)25-19-10-5-4-9-18(17)19/h4-11,17H,3,12-14H2,1-2H3,(H,25,26)(H2,22,23,24). The summed E-state index contributed by atoms with van der Waals surface area (Å²) in [6.07, 6.45) is 0.487. The lowest BCUT2D eigenvalue weighted by Gasteiger charge is -2.26. The van der Waals surface area contributed by atoms with Gasteiger partial charge >= 0.3 is 0 Å². The average molecular weight is 350 g/mol. The van der Waals surface area contributed by atoms with E-state index in [1.54, 1.807) is 0 Å². The van der Waals surface area contributed by atoms with Gasteiger partial charge in [-0.15, -0.1) is 0 Å². The van der Waals surface area contributed by atoms with E-state index >= 15 is 0 Å². The Hall–Kier alpha value is -2.82. The highest BCUT2D eigenvalue weighted by Gasteiger charge is 2.24. The number of fused-ring (bicyclic) bond motifs is 1. The summed E-state index contributed by atoms with van der Waals surface area (Å²) in [4.78, 5) is 16.6. The smallest absolute Gasteiger partial charge is 0.225 e. The summed E-state index contributed by atoms with van der Waals surface area (Å²) in [5.41, 5.74) is 4.51. The van der Waals surface area contributed by atoms with Crippen LogP contribution >= 0.6 is 0 Å². The number of nitrogens with one attached hydrogen (secondary N) is 3. The van der Waals surface area contributed by atoms with E-state index < -0.39 is 0 Å². The fraction of sp³-hybridized carbons (Fsp3) is 0.333. The minimum Gasteiger partial charge on any atom is -0.357 e. The van der Waals surface area contributed by atoms with Gasteiger partial charge in [-0.3, -0.25) is 4.79 Å². The van der Waals surface area contributed by atoms with Gasteiger partial charge in [-0.2, -0.15) is 0 Å². The molecule has 0 fully saturated rings. The SMILES string of the molecule is CCNC(=NCc1cccc(C)c1)NCC1CC(=O)Nc2ccccc21. The Kier molecular flexibility index (Phi) is 5.89. The molecular formula is C21H26N4O. The van der Waals surface area contributed by atoms with E-state index in [0.29, 0.717) is 19.5 Å². The van der Waals surface area contributed by atoms with Gasteiger partial charge in [-0.1, -0.05) is 48.0 Å². The summed E-state index contributed by atoms with van der Waals surface area (Å²) in [6.45, 7) is 6.22. The fourth-order valence-electron chi connectivity index (χ4n) is 3.23. The van der Waals surface area contributed by atoms with E-state index in [-0.39, 0.29) is 11.8 Å². The maximum atomic E-state index is 12.0. The minimum absolute atomic E-state index is 0.0669. The molecule has 3 N–H and O–H groups in total. The first-order chi connectivity index (χ1) is 12.7. The number of rotatable bonds is 5. The monoisotopic (exact) mass is 350 g/mol. The normalized spacial score (nSPS) is 16.6. The van der Waals surface area contributed by atoms with Crippen molar-refractivity contribution < 1.29 is 4.79 Å². The number of amides is 1. The van der Waals surface area contributed by atoms with E-state index in [1.807, 2.05) is 25.1 Å². The molecule has 1 aliphatic rings. The van der Waals surface area contributed by atoms with Crippen LogP contribution in [0.3, 0.4) is 0 Å². The zero-order chi connectivity index (χ0) is 18.4. The predicted octanol–water partition coefficient (Wildman–Crippen LogP) is 3.18. The highest BCUT2D eigenvalue weighted by molar-refractivity contribution is 5.94. The van der Waals surface area contributed by atoms with E-state index in [2.05, 4.69) is 58.2 Å². The van der Waals surface area contributed by atoms with Gasteiger partial charge in [0.15, 0.2) is 5.96 Å². The van der Waals surface area contributed by atoms with Gasteiger partial charge in [0.05, 0.1) is 6.54 Å². The van der Waals surface area contributed by atoms with Crippen molar-refractivity contribution in [3.8, 4) is 0 Å². The molecule has 1 aliphatic heterocycles. The summed E-state index contributed by atoms with van der Waals surface area (Å²) >= 11 is 0. The number of anilines is 1. The number of carbonyl (C=O) groups excluding carboxylic acids is 1. The second kappa shape index (κ2) is 8.52. The molecule has 136 valence electrons. The molecule has 1 atom stereocenters. The quantitative estimate of drug-likeness (QED) is 0.573. The zero-order valence-corrected chi connectivity index (χ0v) is 15.4. The molecule has 0 radical (unpaired) electrons. The topological polar surface area (TPSA) is 65.5 Å². The number of nitrogens with zero attached hydrogens (tertiary/aromatic N) is 1. The third-order valence-corrected chi connectivity index (χ3v) is 4.47. The third-order valence-electron chi connectivity index (χ3n) is 4.47. The number of para-hydroxylation sites is 1. The fourth-order valence-corrected chi connectivity index (χ4v) is 3.23. The van der Waals surface area contributed by atoms with Crippen LogP contribution in [-0.2, 0) is 11.3 Å². The number of aryl methyl sites for hydroxylation is 1. The van der Waals surface area contributed by atoms with Crippen molar-refractivity contribution in [1.82, 2.24) is 10.6 Å². The molecule has 0 aliphatic carbocycles. The van der Waals surface area contributed by atoms with Crippen LogP contribution in [0.5, 0.6) is 0 Å². The van der Waals surface area contributed by atoms with Crippen LogP contribution in [0.2, 0.25) is 0 Å². The summed E-state index contributed by atoms with van der Waals surface area (Å²) in [6, 6.07) is 16.4. The maximum Gasteiger partial charge on any atom is 0.225 e. The molecule has 2 aromatic carbocycles. The van der Waals surface area contributed by atoms with Crippen LogP contribution in [0, 0.1) is 6.92 Å². The lowest BCUT2D eigenvalue weighted by Crippen LogP contribution is -2.40. The molecular weight excluding hydrogens is 324 g/mol. The van der Waals surface area contributed by atoms with Crippen LogP contribution in [0.15, 0.2) is 53.5 Å². The van der Waals surface area contributed by atoms with Crippen molar-refractivity contribution in [2.45, 2.75) is 32.7 Å². The van der Waals surface area contributed by atoms with Crippen molar-refractivity contribution in [2.24, 2.45) is 4.99 Å². The van der Waals surface area contributed by atoms with Crippen molar-refractivity contribution in [2.75, 3.05) is 18.4 Å². The van der Waals surface area contributed by atoms with Crippen LogP contribution in [0.1, 0.15) is 36.0 Å². The Bertz CT molecular complexity index is 800. The second-order valence-corrected chi connectivity index (χ2v) is 6.60. The summed E-state index contributed by atoms with van der Waals surface area (Å²) in [5, 5.41) is 9.62. The summed E-state index contributed by atoms with van der Waals surface area (Å²) in [7, 11) is 0. The molecule has 2 aromatic rings. The van der Waals surface area contributed by atoms with E-state index in [1.165, 1.54) is 16.7 Å². The average Bonchev–Trinajstić information content (AvgIpc) is 2.63. The Morgan fingerprint density at radius 3 is 2.85 bits per heavy atom. The van der Waals surface area contributed by atoms with Gasteiger partial charge < -0.3 is 16.0 Å². The van der Waals surface area contributed by atoms with Crippen molar-refractivity contribution in [3.05, 3.63) is 65.2 Å². The molecule has 1 unspecified atom stereocenters. The third kappa shape index (κ3) is 4.63. The van der Waals surface area contributed by atoms with Gasteiger partial charge in [0.2, 0.25) is 5.91 Å². The largest absolute Gasteiger partial charge is 0.357 e. The Morgan fingerprint density at radius 2 is 2.04 bits per heavy atom. The lowest BCUT2D eigenvalue weighted by atomic mass is 9.90. The number of aliphatic imine (C=N–C) groups is 1. The summed E-state index contributed by atoms with van der Waals surface area (Å²) < 4.78 is 0. The number of carbonyl (C=O) groups is 1. The van der Waals surface area contributed by atoms with Gasteiger partial charge in [0, 0.05) is 31.1 Å². The van der Waals surface area contributed by atoms with Gasteiger partial charge in [-0.05, 0) is 31.0 Å². The molecule has 5 nitrogen and oxygen atoms in total. The number of hydrogen-bond donors (Lipinski definition) is 3. The molecule has 0 saturated heterocycles. The molecule has 3 rings (SSSR count). The number of benzene rings is 2. The molecule has 0 saturated carbocycles. The van der Waals surface area contributed by atoms with Gasteiger partial charge in [0.25, 0.3) is 0 Å². The van der Waals surface area contributed by atoms with E-state index in [4.69, 9.17) is 0 Å². The van der Waals surface area contributed by atoms with Crippen molar-refractivity contribution in [3.63, 3.8) is 0 Å². The Balaban J connectivity index is 1.67. The Morgan fingerprint density at radius 1 is 1.19 bits per heavy atom. The first-order valence-electron chi connectivity index (χ1n) is 9.12. The molecule has 1 heterocycles. The zero-order valence-electron chi connectivity index (χ0n) is 15.4. The molecule has 0 aromatic heterocycles. The van der Waals surface area contributed by atoms with Crippen molar-refractivity contribution >= 4 is 17.6 Å². The van der Waals surface area contributed by atoms with E-state index in [9.17, 15) is 4.79 Å². The highest BCUT2D eigenvalue weighted by atomic mass is 16.1. The van der Waals surface area contributed by atoms with Crippen LogP contribution in [-0.4, -0.2) is 25.0 Å². The second-order valence-electron chi connectivity index (χ2n) is 6.60. The van der Waals surface area contributed by atoms with Crippen LogP contribution in [0.4, 0.5) is 5.69 Å². The maximum absolute atomic E-state index is 12.0. The first kappa shape index (κ1) is 18.0. The molecule has 26 heavy (non-hydrogen) atoms. The predicted molar refractivity (Wildman–Crippen MR) is 106 cm³/mol. The minimum atomic E-state index is 0.0669. The molecule has 5 heteroatoms. The Labute approximate surface area is 154 Å². The summed E-state index contributed by atoms with van der Waals surface area (Å²) in [5.74, 6) is 0.984.